The molecule has 0 aliphatic rings. The topological polar surface area (TPSA) is 0 Å². The van der Waals surface area contributed by atoms with Gasteiger partial charge < -0.3 is 0 Å². The van der Waals surface area contributed by atoms with Crippen molar-refractivity contribution < 1.29 is 0 Å². The van der Waals surface area contributed by atoms with E-state index in [2.05, 4.69) is 56.5 Å². The summed E-state index contributed by atoms with van der Waals surface area (Å²) in [7, 11) is 0. The number of hydrogen-bond donors (Lipinski definition) is 0. The van der Waals surface area contributed by atoms with Crippen LogP contribution in [0.2, 0.25) is 0 Å². The van der Waals surface area contributed by atoms with Crippen molar-refractivity contribution in [1.82, 2.24) is 0 Å². The molecule has 1 atom stereocenters. The zero-order valence-corrected chi connectivity index (χ0v) is 7.93. The van der Waals surface area contributed by atoms with Crippen molar-refractivity contribution in [1.29, 1.82) is 0 Å². The lowest BCUT2D eigenvalue weighted by Crippen LogP contribution is -1.86. The van der Waals surface area contributed by atoms with E-state index in [1.165, 1.54) is 6.42 Å². The van der Waals surface area contributed by atoms with E-state index in [1.807, 2.05) is 0 Å². The van der Waals surface area contributed by atoms with Crippen molar-refractivity contribution in [3.8, 4) is 0 Å². The van der Waals surface area contributed by atoms with Gasteiger partial charge in [-0.15, -0.1) is 0 Å². The maximum atomic E-state index is 2.41. The quantitative estimate of drug-likeness (QED) is 0.543. The third-order valence-electron chi connectivity index (χ3n) is 0.527. The molecule has 2 heteroatoms. The van der Waals surface area contributed by atoms with E-state index in [-0.39, 0.29) is 0 Å². The normalized spacial score (nSPS) is 14.5. The van der Waals surface area contributed by atoms with Gasteiger partial charge in [0.2, 0.25) is 0 Å². The Morgan fingerprint density at radius 2 is 2.33 bits per heavy atom. The van der Waals surface area contributed by atoms with Crippen LogP contribution in [-0.4, -0.2) is 3.92 Å². The highest BCUT2D eigenvalue weighted by Crippen LogP contribution is 2.12. The fraction of sp³-hybridized carbons (Fsp3) is 0.750. The van der Waals surface area contributed by atoms with Crippen molar-refractivity contribution in [2.24, 2.45) is 0 Å². The zero-order chi connectivity index (χ0) is 4.99. The van der Waals surface area contributed by atoms with Crippen molar-refractivity contribution in [2.45, 2.75) is 17.3 Å². The molecule has 0 bridgehead atoms. The number of hydrogen-bond acceptors (Lipinski definition) is 0. The van der Waals surface area contributed by atoms with E-state index in [1.54, 1.807) is 0 Å². The van der Waals surface area contributed by atoms with Gasteiger partial charge >= 0.3 is 0 Å². The predicted octanol–water partition coefficient (Wildman–Crippen LogP) is 2.80. The summed E-state index contributed by atoms with van der Waals surface area (Å²) in [5, 5.41) is 0. The second-order valence-corrected chi connectivity index (χ2v) is 3.37. The lowest BCUT2D eigenvalue weighted by molar-refractivity contribution is 1.00. The highest BCUT2D eigenvalue weighted by Gasteiger charge is 1.93. The van der Waals surface area contributed by atoms with Crippen LogP contribution in [0.1, 0.15) is 13.3 Å². The molecule has 1 unspecified atom stereocenters. The first-order chi connectivity index (χ1) is 2.81. The molecule has 0 spiro atoms. The van der Waals surface area contributed by atoms with E-state index in [9.17, 15) is 0 Å². The molecule has 0 aliphatic heterocycles. The first kappa shape index (κ1) is 7.46. The molecule has 0 fully saturated rings. The van der Waals surface area contributed by atoms with E-state index in [0.29, 0.717) is 0 Å². The van der Waals surface area contributed by atoms with Gasteiger partial charge in [-0.2, -0.15) is 0 Å². The number of halogens is 2. The highest BCUT2D eigenvalue weighted by atomic mass is 127. The standard InChI is InChI=1S/C4H7I2/c1-2-4(6)3-5/h3-4H,2H2,1H3. The third-order valence-corrected chi connectivity index (χ3v) is 4.01. The largest absolute Gasteiger partial charge is 0.0815 e. The average molecular weight is 309 g/mol. The van der Waals surface area contributed by atoms with Gasteiger partial charge in [0.25, 0.3) is 0 Å². The van der Waals surface area contributed by atoms with Gasteiger partial charge in [0.05, 0.1) is 0 Å². The fourth-order valence-corrected chi connectivity index (χ4v) is 0.598. The van der Waals surface area contributed by atoms with Gasteiger partial charge in [-0.05, 0) is 6.42 Å². The van der Waals surface area contributed by atoms with Gasteiger partial charge in [0.1, 0.15) is 0 Å². The van der Waals surface area contributed by atoms with Crippen molar-refractivity contribution in [2.75, 3.05) is 0 Å². The second-order valence-electron chi connectivity index (χ2n) is 1.05. The molecule has 37 valence electrons. The lowest BCUT2D eigenvalue weighted by Gasteiger charge is -1.94. The van der Waals surface area contributed by atoms with Crippen molar-refractivity contribution >= 4 is 45.2 Å². The molecule has 0 aliphatic carbocycles. The van der Waals surface area contributed by atoms with Crippen LogP contribution in [0.15, 0.2) is 0 Å². The average Bonchev–Trinajstić information content (AvgIpc) is 1.65. The first-order valence-corrected chi connectivity index (χ1v) is 4.38. The van der Waals surface area contributed by atoms with Gasteiger partial charge in [-0.3, -0.25) is 0 Å². The molecule has 0 nitrogen and oxygen atoms in total. The summed E-state index contributed by atoms with van der Waals surface area (Å²) in [4.78, 5) is 0. The third kappa shape index (κ3) is 3.64. The summed E-state index contributed by atoms with van der Waals surface area (Å²) in [6.45, 7) is 2.19. The van der Waals surface area contributed by atoms with Gasteiger partial charge in [0.15, 0.2) is 0 Å². The minimum absolute atomic E-state index is 0.767. The minimum Gasteiger partial charge on any atom is -0.0815 e. The molecule has 0 rings (SSSR count). The molecule has 0 aromatic carbocycles. The molecular formula is C4H7I2. The van der Waals surface area contributed by atoms with Crippen LogP contribution in [0, 0.1) is 4.43 Å². The van der Waals surface area contributed by atoms with E-state index in [0.717, 1.165) is 3.92 Å². The van der Waals surface area contributed by atoms with E-state index >= 15 is 0 Å². The Kier molecular flexibility index (Phi) is 5.74. The molecule has 0 amide bonds. The lowest BCUT2D eigenvalue weighted by atomic mass is 10.4. The maximum Gasteiger partial charge on any atom is 0.0355 e. The van der Waals surface area contributed by atoms with Crippen LogP contribution in [0.4, 0.5) is 0 Å². The molecule has 0 aromatic heterocycles. The van der Waals surface area contributed by atoms with Crippen LogP contribution in [0.3, 0.4) is 0 Å². The molecule has 0 N–H and O–H groups in total. The predicted molar refractivity (Wildman–Crippen MR) is 46.4 cm³/mol. The molecule has 0 heterocycles. The summed E-state index contributed by atoms with van der Waals surface area (Å²) in [5.74, 6) is 0. The minimum atomic E-state index is 0.767. The van der Waals surface area contributed by atoms with Crippen LogP contribution < -0.4 is 0 Å². The summed E-state index contributed by atoms with van der Waals surface area (Å²) >= 11 is 4.69. The molecule has 6 heavy (non-hydrogen) atoms. The second kappa shape index (κ2) is 4.61. The van der Waals surface area contributed by atoms with Crippen LogP contribution in [0.25, 0.3) is 0 Å². The maximum absolute atomic E-state index is 2.41. The van der Waals surface area contributed by atoms with Gasteiger partial charge in [-0.25, -0.2) is 0 Å². The molecule has 0 saturated heterocycles. The Morgan fingerprint density at radius 1 is 1.83 bits per heavy atom. The summed E-state index contributed by atoms with van der Waals surface area (Å²) in [5.41, 5.74) is 0. The zero-order valence-electron chi connectivity index (χ0n) is 3.62. The summed E-state index contributed by atoms with van der Waals surface area (Å²) < 4.78 is 2.95. The Hall–Kier alpha value is 1.46. The summed E-state index contributed by atoms with van der Waals surface area (Å²) in [6, 6.07) is 0. The van der Waals surface area contributed by atoms with E-state index in [4.69, 9.17) is 0 Å². The highest BCUT2D eigenvalue weighted by molar-refractivity contribution is 14.1. The Bertz CT molecular complexity index is 24.7. The number of alkyl halides is 1. The summed E-state index contributed by atoms with van der Waals surface area (Å²) in [6.07, 6.45) is 1.25. The van der Waals surface area contributed by atoms with Crippen molar-refractivity contribution in [3.05, 3.63) is 4.43 Å². The Labute approximate surface area is 66.4 Å². The van der Waals surface area contributed by atoms with Gasteiger partial charge in [0, 0.05) is 8.35 Å². The smallest absolute Gasteiger partial charge is 0.0355 e. The van der Waals surface area contributed by atoms with Crippen LogP contribution in [0.5, 0.6) is 0 Å². The molecule has 0 aromatic rings. The fourth-order valence-electron chi connectivity index (χ4n) is 0.0891. The Morgan fingerprint density at radius 3 is 2.33 bits per heavy atom. The van der Waals surface area contributed by atoms with Crippen molar-refractivity contribution in [3.63, 3.8) is 0 Å². The molecular weight excluding hydrogens is 302 g/mol. The van der Waals surface area contributed by atoms with Gasteiger partial charge in [-0.1, -0.05) is 52.1 Å². The first-order valence-electron chi connectivity index (χ1n) is 1.89. The Balaban J connectivity index is 2.75. The van der Waals surface area contributed by atoms with Crippen LogP contribution in [-0.2, 0) is 0 Å². The SMILES string of the molecule is CCC(I)[CH]I. The molecule has 1 radical (unpaired) electrons. The van der Waals surface area contributed by atoms with Crippen LogP contribution >= 0.6 is 45.2 Å². The van der Waals surface area contributed by atoms with E-state index < -0.39 is 0 Å². The number of rotatable bonds is 2. The molecule has 0 saturated carbocycles. The monoisotopic (exact) mass is 309 g/mol.